The van der Waals surface area contributed by atoms with Gasteiger partial charge >= 0.3 is 0 Å². The van der Waals surface area contributed by atoms with Gasteiger partial charge in [-0.1, -0.05) is 102 Å². The predicted molar refractivity (Wildman–Crippen MR) is 220 cm³/mol. The van der Waals surface area contributed by atoms with Crippen LogP contribution in [0, 0.1) is 0 Å². The lowest BCUT2D eigenvalue weighted by Gasteiger charge is -2.27. The number of rotatable bonds is 13. The van der Waals surface area contributed by atoms with E-state index < -0.39 is 0 Å². The third kappa shape index (κ3) is 8.42. The number of benzene rings is 5. The van der Waals surface area contributed by atoms with Crippen molar-refractivity contribution >= 4 is 0 Å². The van der Waals surface area contributed by atoms with E-state index in [2.05, 4.69) is 41.5 Å². The van der Waals surface area contributed by atoms with Crippen molar-refractivity contribution in [1.82, 2.24) is 4.98 Å². The van der Waals surface area contributed by atoms with Crippen molar-refractivity contribution in [2.24, 2.45) is 0 Å². The molecule has 292 valence electrons. The van der Waals surface area contributed by atoms with E-state index in [1.807, 2.05) is 97.1 Å². The highest BCUT2D eigenvalue weighted by Gasteiger charge is 2.30. The molecule has 6 rings (SSSR count). The minimum atomic E-state index is -0.370. The molecule has 0 spiro atoms. The highest BCUT2D eigenvalue weighted by atomic mass is 16.5. The van der Waals surface area contributed by atoms with Crippen LogP contribution in [-0.2, 0) is 24.0 Å². The Morgan fingerprint density at radius 1 is 0.536 bits per heavy atom. The summed E-state index contributed by atoms with van der Waals surface area (Å²) in [4.78, 5) is 5.17. The summed E-state index contributed by atoms with van der Waals surface area (Å²) in [5, 5.41) is 11.5. The molecular formula is C47H51NO8. The lowest BCUT2D eigenvalue weighted by molar-refractivity contribution is 0.266. The van der Waals surface area contributed by atoms with Crippen LogP contribution in [-0.4, -0.2) is 38.5 Å². The van der Waals surface area contributed by atoms with Crippen LogP contribution in [0.5, 0.6) is 40.2 Å². The third-order valence-electron chi connectivity index (χ3n) is 9.51. The van der Waals surface area contributed by atoms with Crippen LogP contribution in [0.4, 0.5) is 0 Å². The standard InChI is InChI=1S/C47H51NO8/c1-46(2,3)34-21-33(22-35(41(34)49)47(4,5)6)45-48-40(31-23-36(50-7)43(37(24-31)51-8)54-27-29-17-13-11-14-18-29)42(56-45)32-25-38(52-9)44(39(26-32)53-10)55-28-30-19-15-12-16-20-30/h11-26,49H,27-28H2,1-10H3. The average molecular weight is 758 g/mol. The maximum absolute atomic E-state index is 11.5. The molecule has 0 atom stereocenters. The summed E-state index contributed by atoms with van der Waals surface area (Å²) >= 11 is 0. The van der Waals surface area contributed by atoms with Gasteiger partial charge in [0.2, 0.25) is 17.4 Å². The lowest BCUT2D eigenvalue weighted by Crippen LogP contribution is -2.17. The fraction of sp³-hybridized carbons (Fsp3) is 0.298. The van der Waals surface area contributed by atoms with Gasteiger partial charge in [-0.3, -0.25) is 0 Å². The molecule has 1 N–H and O–H groups in total. The number of hydrogen-bond acceptors (Lipinski definition) is 9. The molecular weight excluding hydrogens is 707 g/mol. The number of methoxy groups -OCH3 is 4. The molecule has 56 heavy (non-hydrogen) atoms. The number of oxazole rings is 1. The first-order chi connectivity index (χ1) is 26.7. The topological polar surface area (TPSA) is 102 Å². The molecule has 6 aromatic rings. The van der Waals surface area contributed by atoms with E-state index in [0.29, 0.717) is 81.7 Å². The summed E-state index contributed by atoms with van der Waals surface area (Å²) < 4.78 is 43.0. The summed E-state index contributed by atoms with van der Waals surface area (Å²) in [6, 6.07) is 31.1. The summed E-state index contributed by atoms with van der Waals surface area (Å²) in [5.74, 6) is 3.80. The van der Waals surface area contributed by atoms with Crippen LogP contribution in [0.15, 0.2) is 101 Å². The van der Waals surface area contributed by atoms with Crippen molar-refractivity contribution in [2.45, 2.75) is 65.6 Å². The molecule has 0 amide bonds. The van der Waals surface area contributed by atoms with Gasteiger partial charge in [0.25, 0.3) is 0 Å². The number of aromatic nitrogens is 1. The Hall–Kier alpha value is -6.09. The van der Waals surface area contributed by atoms with E-state index in [1.54, 1.807) is 28.4 Å². The molecule has 0 aliphatic heterocycles. The Kier molecular flexibility index (Phi) is 11.5. The monoisotopic (exact) mass is 757 g/mol. The Labute approximate surface area is 329 Å². The van der Waals surface area contributed by atoms with Crippen molar-refractivity contribution in [1.29, 1.82) is 0 Å². The highest BCUT2D eigenvalue weighted by molar-refractivity contribution is 5.83. The van der Waals surface area contributed by atoms with Gasteiger partial charge in [-0.2, -0.15) is 0 Å². The first-order valence-corrected chi connectivity index (χ1v) is 18.5. The molecule has 0 saturated heterocycles. The maximum Gasteiger partial charge on any atom is 0.227 e. The van der Waals surface area contributed by atoms with E-state index in [4.69, 9.17) is 37.8 Å². The van der Waals surface area contributed by atoms with E-state index in [9.17, 15) is 5.11 Å². The normalized spacial score (nSPS) is 11.6. The zero-order valence-corrected chi connectivity index (χ0v) is 33.9. The fourth-order valence-electron chi connectivity index (χ4n) is 6.51. The number of nitrogens with zero attached hydrogens (tertiary/aromatic N) is 1. The first kappa shape index (κ1) is 39.6. The molecule has 0 fully saturated rings. The average Bonchev–Trinajstić information content (AvgIpc) is 3.64. The number of aromatic hydroxyl groups is 1. The molecule has 5 aromatic carbocycles. The largest absolute Gasteiger partial charge is 0.507 e. The van der Waals surface area contributed by atoms with Crippen molar-refractivity contribution in [3.8, 4) is 74.3 Å². The van der Waals surface area contributed by atoms with Crippen LogP contribution in [0.1, 0.15) is 63.8 Å². The predicted octanol–water partition coefficient (Wildman–Crippen LogP) is 11.2. The second kappa shape index (κ2) is 16.3. The lowest BCUT2D eigenvalue weighted by atomic mass is 9.78. The summed E-state index contributed by atoms with van der Waals surface area (Å²) in [6.45, 7) is 13.1. The number of phenolic OH excluding ortho intramolecular Hbond substituents is 1. The zero-order valence-electron chi connectivity index (χ0n) is 33.9. The summed E-state index contributed by atoms with van der Waals surface area (Å²) in [6.07, 6.45) is 0. The maximum atomic E-state index is 11.5. The van der Waals surface area contributed by atoms with E-state index >= 15 is 0 Å². The smallest absolute Gasteiger partial charge is 0.227 e. The highest BCUT2D eigenvalue weighted by Crippen LogP contribution is 2.49. The van der Waals surface area contributed by atoms with Crippen molar-refractivity contribution in [3.63, 3.8) is 0 Å². The zero-order chi connectivity index (χ0) is 40.2. The van der Waals surface area contributed by atoms with Crippen molar-refractivity contribution in [3.05, 3.63) is 119 Å². The van der Waals surface area contributed by atoms with Crippen LogP contribution < -0.4 is 28.4 Å². The third-order valence-corrected chi connectivity index (χ3v) is 9.51. The van der Waals surface area contributed by atoms with Crippen LogP contribution in [0.3, 0.4) is 0 Å². The van der Waals surface area contributed by atoms with E-state index in [1.165, 1.54) is 0 Å². The number of hydrogen-bond donors (Lipinski definition) is 1. The first-order valence-electron chi connectivity index (χ1n) is 18.5. The minimum Gasteiger partial charge on any atom is -0.507 e. The Balaban J connectivity index is 1.55. The van der Waals surface area contributed by atoms with Gasteiger partial charge < -0.3 is 37.9 Å². The molecule has 0 radical (unpaired) electrons. The molecule has 9 heteroatoms. The van der Waals surface area contributed by atoms with E-state index in [-0.39, 0.29) is 16.6 Å². The quantitative estimate of drug-likeness (QED) is 0.123. The van der Waals surface area contributed by atoms with Crippen LogP contribution in [0.25, 0.3) is 34.0 Å². The molecule has 0 aliphatic rings. The van der Waals surface area contributed by atoms with Crippen LogP contribution in [0.2, 0.25) is 0 Å². The minimum absolute atomic E-state index is 0.266. The summed E-state index contributed by atoms with van der Waals surface area (Å²) in [5.41, 5.74) is 5.35. The van der Waals surface area contributed by atoms with Crippen molar-refractivity contribution < 1.29 is 37.9 Å². The van der Waals surface area contributed by atoms with Crippen LogP contribution >= 0.6 is 0 Å². The molecule has 0 bridgehead atoms. The van der Waals surface area contributed by atoms with Gasteiger partial charge in [0.1, 0.15) is 24.7 Å². The molecule has 1 aromatic heterocycles. The SMILES string of the molecule is COc1cc(-c2nc(-c3cc(C(C)(C)C)c(O)c(C(C)(C)C)c3)oc2-c2cc(OC)c(OCc3ccccc3)c(OC)c2)cc(OC)c1OCc1ccccc1. The molecule has 0 unspecified atom stereocenters. The van der Waals surface area contributed by atoms with Gasteiger partial charge in [-0.25, -0.2) is 4.98 Å². The van der Waals surface area contributed by atoms with E-state index in [0.717, 1.165) is 22.3 Å². The van der Waals surface area contributed by atoms with Gasteiger partial charge in [-0.05, 0) is 58.4 Å². The van der Waals surface area contributed by atoms with Gasteiger partial charge in [0, 0.05) is 27.8 Å². The van der Waals surface area contributed by atoms with Gasteiger partial charge in [-0.15, -0.1) is 0 Å². The molecule has 0 saturated carbocycles. The molecule has 9 nitrogen and oxygen atoms in total. The number of phenols is 1. The summed E-state index contributed by atoms with van der Waals surface area (Å²) in [7, 11) is 6.35. The number of ether oxygens (including phenoxy) is 6. The second-order valence-corrected chi connectivity index (χ2v) is 15.6. The fourth-order valence-corrected chi connectivity index (χ4v) is 6.51. The molecule has 0 aliphatic carbocycles. The van der Waals surface area contributed by atoms with Gasteiger partial charge in [0.15, 0.2) is 28.8 Å². The Bertz CT molecular complexity index is 2080. The second-order valence-electron chi connectivity index (χ2n) is 15.6. The molecule has 1 heterocycles. The van der Waals surface area contributed by atoms with Gasteiger partial charge in [0.05, 0.1) is 28.4 Å². The van der Waals surface area contributed by atoms with Crippen molar-refractivity contribution in [2.75, 3.05) is 28.4 Å². The Morgan fingerprint density at radius 2 is 0.929 bits per heavy atom. The Morgan fingerprint density at radius 3 is 1.30 bits per heavy atom.